The number of rotatable bonds is 4. The van der Waals surface area contributed by atoms with Crippen LogP contribution in [0.1, 0.15) is 26.3 Å². The molecule has 4 nitrogen and oxygen atoms in total. The molecule has 0 aliphatic heterocycles. The first kappa shape index (κ1) is 18.2. The number of benzene rings is 1. The molecular weight excluding hydrogens is 340 g/mol. The highest BCUT2D eigenvalue weighted by molar-refractivity contribution is 7.12. The van der Waals surface area contributed by atoms with Gasteiger partial charge < -0.3 is 5.43 Å². The molecule has 0 saturated heterocycles. The van der Waals surface area contributed by atoms with Gasteiger partial charge in [0.15, 0.2) is 0 Å². The Morgan fingerprint density at radius 1 is 1.12 bits per heavy atom. The largest absolute Gasteiger partial charge is 0.305 e. The monoisotopic (exact) mass is 360 g/mol. The van der Waals surface area contributed by atoms with Gasteiger partial charge in [-0.15, -0.1) is 23.7 Å². The number of nitrogens with one attached hydrogen (secondary N) is 1. The summed E-state index contributed by atoms with van der Waals surface area (Å²) < 4.78 is 1.91. The van der Waals surface area contributed by atoms with Crippen molar-refractivity contribution in [3.8, 4) is 16.3 Å². The van der Waals surface area contributed by atoms with E-state index in [-0.39, 0.29) is 17.9 Å². The van der Waals surface area contributed by atoms with E-state index < -0.39 is 0 Å². The van der Waals surface area contributed by atoms with E-state index >= 15 is 0 Å². The van der Waals surface area contributed by atoms with Crippen molar-refractivity contribution in [2.75, 3.05) is 0 Å². The molecule has 126 valence electrons. The lowest BCUT2D eigenvalue weighted by molar-refractivity contribution is 0.442. The van der Waals surface area contributed by atoms with Crippen LogP contribution < -0.4 is 5.43 Å². The predicted octanol–water partition coefficient (Wildman–Crippen LogP) is 4.74. The molecule has 2 aromatic heterocycles. The Morgan fingerprint density at radius 3 is 2.50 bits per heavy atom. The molecule has 2 heterocycles. The fraction of sp³-hybridized carbons (Fsp3) is 0.222. The molecule has 0 spiro atoms. The lowest BCUT2D eigenvalue weighted by Crippen LogP contribution is -2.31. The quantitative estimate of drug-likeness (QED) is 0.539. The SMILES string of the molecule is CC(C)(C)N/N=C/c1cn(-c2cccs2)nc1-c1ccccc1.Cl. The third kappa shape index (κ3) is 4.46. The number of halogens is 1. The first-order valence-electron chi connectivity index (χ1n) is 7.52. The van der Waals surface area contributed by atoms with Crippen molar-refractivity contribution >= 4 is 30.0 Å². The average molecular weight is 361 g/mol. The van der Waals surface area contributed by atoms with Gasteiger partial charge in [0, 0.05) is 22.9 Å². The van der Waals surface area contributed by atoms with E-state index in [9.17, 15) is 0 Å². The van der Waals surface area contributed by atoms with Crippen LogP contribution in [0.2, 0.25) is 0 Å². The molecule has 3 rings (SSSR count). The van der Waals surface area contributed by atoms with E-state index in [2.05, 4.69) is 49.5 Å². The Labute approximate surface area is 152 Å². The molecular formula is C18H21ClN4S. The number of hydrogen-bond donors (Lipinski definition) is 1. The first-order chi connectivity index (χ1) is 11.0. The maximum Gasteiger partial charge on any atom is 0.117 e. The van der Waals surface area contributed by atoms with Crippen molar-refractivity contribution in [2.24, 2.45) is 5.10 Å². The van der Waals surface area contributed by atoms with E-state index in [1.165, 1.54) is 0 Å². The zero-order valence-corrected chi connectivity index (χ0v) is 15.6. The first-order valence-corrected chi connectivity index (χ1v) is 8.40. The third-order valence-electron chi connectivity index (χ3n) is 3.13. The van der Waals surface area contributed by atoms with Gasteiger partial charge in [-0.3, -0.25) is 0 Å². The summed E-state index contributed by atoms with van der Waals surface area (Å²) in [6.07, 6.45) is 3.85. The Balaban J connectivity index is 0.00000208. The topological polar surface area (TPSA) is 42.2 Å². The summed E-state index contributed by atoms with van der Waals surface area (Å²) in [4.78, 5) is 0. The van der Waals surface area contributed by atoms with Gasteiger partial charge in [-0.2, -0.15) is 10.2 Å². The van der Waals surface area contributed by atoms with Crippen molar-refractivity contribution in [2.45, 2.75) is 26.3 Å². The normalized spacial score (nSPS) is 11.5. The van der Waals surface area contributed by atoms with Gasteiger partial charge in [0.1, 0.15) is 10.7 Å². The number of nitrogens with zero attached hydrogens (tertiary/aromatic N) is 3. The molecule has 0 saturated carbocycles. The van der Waals surface area contributed by atoms with Crippen LogP contribution in [0.25, 0.3) is 16.3 Å². The minimum absolute atomic E-state index is 0. The highest BCUT2D eigenvalue weighted by Crippen LogP contribution is 2.24. The van der Waals surface area contributed by atoms with E-state index in [1.807, 2.05) is 46.7 Å². The molecule has 6 heteroatoms. The van der Waals surface area contributed by atoms with Gasteiger partial charge in [0.05, 0.1) is 6.21 Å². The second-order valence-electron chi connectivity index (χ2n) is 6.31. The van der Waals surface area contributed by atoms with Crippen molar-refractivity contribution < 1.29 is 0 Å². The van der Waals surface area contributed by atoms with Gasteiger partial charge >= 0.3 is 0 Å². The highest BCUT2D eigenvalue weighted by atomic mass is 35.5. The van der Waals surface area contributed by atoms with Crippen LogP contribution in [-0.4, -0.2) is 21.5 Å². The zero-order chi connectivity index (χ0) is 16.3. The lowest BCUT2D eigenvalue weighted by Gasteiger charge is -2.16. The number of hydrazone groups is 1. The van der Waals surface area contributed by atoms with Crippen molar-refractivity contribution in [1.82, 2.24) is 15.2 Å². The molecule has 0 aliphatic carbocycles. The van der Waals surface area contributed by atoms with Crippen LogP contribution in [-0.2, 0) is 0 Å². The van der Waals surface area contributed by atoms with Crippen molar-refractivity contribution in [3.63, 3.8) is 0 Å². The highest BCUT2D eigenvalue weighted by Gasteiger charge is 2.12. The van der Waals surface area contributed by atoms with E-state index in [0.29, 0.717) is 0 Å². The van der Waals surface area contributed by atoms with Gasteiger partial charge in [-0.05, 0) is 38.3 Å². The van der Waals surface area contributed by atoms with Gasteiger partial charge in [-0.25, -0.2) is 4.68 Å². The molecule has 0 fully saturated rings. The van der Waals surface area contributed by atoms with Crippen LogP contribution in [0.15, 0.2) is 59.1 Å². The van der Waals surface area contributed by atoms with Crippen LogP contribution in [0, 0.1) is 0 Å². The van der Waals surface area contributed by atoms with Gasteiger partial charge in [-0.1, -0.05) is 30.3 Å². The summed E-state index contributed by atoms with van der Waals surface area (Å²) in [7, 11) is 0. The minimum Gasteiger partial charge on any atom is -0.305 e. The molecule has 3 aromatic rings. The molecule has 1 N–H and O–H groups in total. The Bertz CT molecular complexity index is 786. The average Bonchev–Trinajstić information content (AvgIpc) is 3.16. The maximum atomic E-state index is 4.75. The zero-order valence-electron chi connectivity index (χ0n) is 13.9. The molecule has 0 bridgehead atoms. The smallest absolute Gasteiger partial charge is 0.117 e. The van der Waals surface area contributed by atoms with Crippen molar-refractivity contribution in [1.29, 1.82) is 0 Å². The third-order valence-corrected chi connectivity index (χ3v) is 3.98. The Kier molecular flexibility index (Phi) is 5.80. The number of hydrogen-bond acceptors (Lipinski definition) is 4. The van der Waals surface area contributed by atoms with Gasteiger partial charge in [0.2, 0.25) is 0 Å². The summed E-state index contributed by atoms with van der Waals surface area (Å²) in [5.74, 6) is 0. The molecule has 0 unspecified atom stereocenters. The van der Waals surface area contributed by atoms with Crippen LogP contribution in [0.4, 0.5) is 0 Å². The molecule has 24 heavy (non-hydrogen) atoms. The van der Waals surface area contributed by atoms with E-state index in [4.69, 9.17) is 5.10 Å². The summed E-state index contributed by atoms with van der Waals surface area (Å²) in [5, 5.41) is 12.3. The minimum atomic E-state index is -0.0623. The Morgan fingerprint density at radius 2 is 1.88 bits per heavy atom. The second kappa shape index (κ2) is 7.64. The standard InChI is InChI=1S/C18H20N4S.ClH/c1-18(2,3)21-19-12-15-13-22(16-10-7-11-23-16)20-17(15)14-8-5-4-6-9-14;/h4-13,21H,1-3H3;1H/b19-12+;. The van der Waals surface area contributed by atoms with Crippen molar-refractivity contribution in [3.05, 3.63) is 59.6 Å². The molecule has 1 aromatic carbocycles. The van der Waals surface area contributed by atoms with Crippen LogP contribution >= 0.6 is 23.7 Å². The molecule has 0 atom stereocenters. The van der Waals surface area contributed by atoms with Crippen LogP contribution in [0.3, 0.4) is 0 Å². The molecule has 0 aliphatic rings. The fourth-order valence-electron chi connectivity index (χ4n) is 2.11. The summed E-state index contributed by atoms with van der Waals surface area (Å²) in [6, 6.07) is 14.3. The predicted molar refractivity (Wildman–Crippen MR) is 105 cm³/mol. The number of thiophene rings is 1. The van der Waals surface area contributed by atoms with E-state index in [1.54, 1.807) is 11.3 Å². The van der Waals surface area contributed by atoms with Crippen LogP contribution in [0.5, 0.6) is 0 Å². The maximum absolute atomic E-state index is 4.75. The molecule has 0 amide bonds. The summed E-state index contributed by atoms with van der Waals surface area (Å²) >= 11 is 1.66. The Hall–Kier alpha value is -2.11. The number of aromatic nitrogens is 2. The lowest BCUT2D eigenvalue weighted by atomic mass is 10.1. The second-order valence-corrected chi connectivity index (χ2v) is 7.24. The fourth-order valence-corrected chi connectivity index (χ4v) is 2.77. The van der Waals surface area contributed by atoms with Gasteiger partial charge in [0.25, 0.3) is 0 Å². The van der Waals surface area contributed by atoms with E-state index in [0.717, 1.165) is 21.8 Å². The summed E-state index contributed by atoms with van der Waals surface area (Å²) in [6.45, 7) is 6.24. The summed E-state index contributed by atoms with van der Waals surface area (Å²) in [5.41, 5.74) is 6.07. The molecule has 0 radical (unpaired) electrons.